The first kappa shape index (κ1) is 30.5. The van der Waals surface area contributed by atoms with Crippen molar-refractivity contribution in [1.82, 2.24) is 5.43 Å². The van der Waals surface area contributed by atoms with E-state index in [2.05, 4.69) is 15.8 Å². The quantitative estimate of drug-likeness (QED) is 0.107. The van der Waals surface area contributed by atoms with Crippen LogP contribution < -0.4 is 25.0 Å². The molecule has 0 unspecified atom stereocenters. The fourth-order valence-corrected chi connectivity index (χ4v) is 3.92. The average molecular weight is 600 g/mol. The summed E-state index contributed by atoms with van der Waals surface area (Å²) in [6.45, 7) is 3.19. The zero-order valence-corrected chi connectivity index (χ0v) is 24.1. The van der Waals surface area contributed by atoms with Gasteiger partial charge in [-0.2, -0.15) is 5.10 Å². The fraction of sp³-hybridized carbons (Fsp3) is 0.0938. The van der Waals surface area contributed by atoms with Crippen LogP contribution in [0, 0.1) is 6.92 Å². The molecular formula is C32H26ClN3O7. The number of hydrazone groups is 1. The van der Waals surface area contributed by atoms with Gasteiger partial charge in [-0.1, -0.05) is 29.3 Å². The number of methoxy groups -OCH3 is 1. The molecule has 2 N–H and O–H groups in total. The molecule has 4 aromatic carbocycles. The van der Waals surface area contributed by atoms with Gasteiger partial charge in [-0.05, 0) is 79.7 Å². The second-order valence-corrected chi connectivity index (χ2v) is 9.56. The molecule has 0 saturated heterocycles. The summed E-state index contributed by atoms with van der Waals surface area (Å²) < 4.78 is 15.8. The predicted octanol–water partition coefficient (Wildman–Crippen LogP) is 5.82. The van der Waals surface area contributed by atoms with Crippen molar-refractivity contribution >= 4 is 47.3 Å². The van der Waals surface area contributed by atoms with Crippen molar-refractivity contribution in [2.75, 3.05) is 12.4 Å². The Morgan fingerprint density at radius 3 is 2.05 bits per heavy atom. The molecule has 0 aromatic heterocycles. The van der Waals surface area contributed by atoms with Crippen molar-refractivity contribution in [3.63, 3.8) is 0 Å². The summed E-state index contributed by atoms with van der Waals surface area (Å²) in [5.41, 5.74) is 5.25. The van der Waals surface area contributed by atoms with E-state index in [0.717, 1.165) is 5.56 Å². The van der Waals surface area contributed by atoms with Gasteiger partial charge in [-0.15, -0.1) is 0 Å². The van der Waals surface area contributed by atoms with Crippen LogP contribution in [0.15, 0.2) is 90.0 Å². The lowest BCUT2D eigenvalue weighted by Gasteiger charge is -2.11. The summed E-state index contributed by atoms with van der Waals surface area (Å²) in [7, 11) is 1.37. The van der Waals surface area contributed by atoms with E-state index >= 15 is 0 Å². The lowest BCUT2D eigenvalue weighted by molar-refractivity contribution is -0.132. The maximum absolute atomic E-state index is 12.8. The molecule has 0 radical (unpaired) electrons. The van der Waals surface area contributed by atoms with Crippen molar-refractivity contribution in [1.29, 1.82) is 0 Å². The minimum atomic E-state index is -0.719. The number of hydrogen-bond acceptors (Lipinski definition) is 8. The topological polar surface area (TPSA) is 132 Å². The average Bonchev–Trinajstić information content (AvgIpc) is 2.99. The van der Waals surface area contributed by atoms with Gasteiger partial charge in [-0.25, -0.2) is 10.2 Å². The Bertz CT molecular complexity index is 1700. The zero-order valence-electron chi connectivity index (χ0n) is 23.3. The number of rotatable bonds is 9. The summed E-state index contributed by atoms with van der Waals surface area (Å²) in [5.74, 6) is -1.57. The summed E-state index contributed by atoms with van der Waals surface area (Å²) in [6, 6.07) is 22.2. The lowest BCUT2D eigenvalue weighted by atomic mass is 10.1. The number of carbonyl (C=O) groups excluding carboxylic acids is 4. The van der Waals surface area contributed by atoms with Crippen LogP contribution in [0.3, 0.4) is 0 Å². The van der Waals surface area contributed by atoms with Crippen molar-refractivity contribution in [2.24, 2.45) is 5.10 Å². The van der Waals surface area contributed by atoms with E-state index < -0.39 is 17.8 Å². The number of benzene rings is 4. The Hall–Kier alpha value is -5.48. The summed E-state index contributed by atoms with van der Waals surface area (Å²) in [4.78, 5) is 49.2. The predicted molar refractivity (Wildman–Crippen MR) is 161 cm³/mol. The van der Waals surface area contributed by atoms with Crippen molar-refractivity contribution < 1.29 is 33.4 Å². The monoisotopic (exact) mass is 599 g/mol. The molecular weight excluding hydrogens is 574 g/mol. The van der Waals surface area contributed by atoms with Gasteiger partial charge in [0.2, 0.25) is 0 Å². The molecule has 0 saturated carbocycles. The Morgan fingerprint density at radius 1 is 0.744 bits per heavy atom. The van der Waals surface area contributed by atoms with E-state index in [1.54, 1.807) is 36.4 Å². The van der Waals surface area contributed by atoms with Gasteiger partial charge in [0.25, 0.3) is 11.8 Å². The molecule has 11 heteroatoms. The molecule has 10 nitrogen and oxygen atoms in total. The summed E-state index contributed by atoms with van der Waals surface area (Å²) >= 11 is 6.13. The molecule has 218 valence electrons. The first-order valence-corrected chi connectivity index (χ1v) is 13.2. The SMILES string of the molecule is COc1cc(C(=O)Oc2ccc(Cl)cc2/C=N/NC(=O)c2ccc(NC(=O)c3ccc(C)cc3)cc2)ccc1OC(C)=O. The molecule has 4 rings (SSSR count). The zero-order chi connectivity index (χ0) is 30.9. The Morgan fingerprint density at radius 2 is 1.37 bits per heavy atom. The van der Waals surface area contributed by atoms with Crippen LogP contribution in [0.1, 0.15) is 49.1 Å². The number of hydrogen-bond donors (Lipinski definition) is 2. The number of nitrogens with zero attached hydrogens (tertiary/aromatic N) is 1. The van der Waals surface area contributed by atoms with Gasteiger partial charge in [0.15, 0.2) is 11.5 Å². The van der Waals surface area contributed by atoms with Crippen LogP contribution in [0.2, 0.25) is 5.02 Å². The number of amides is 2. The minimum absolute atomic E-state index is 0.129. The van der Waals surface area contributed by atoms with Crippen molar-refractivity contribution in [2.45, 2.75) is 13.8 Å². The van der Waals surface area contributed by atoms with E-state index in [1.807, 2.05) is 19.1 Å². The van der Waals surface area contributed by atoms with Gasteiger partial charge in [0, 0.05) is 34.3 Å². The van der Waals surface area contributed by atoms with E-state index in [0.29, 0.717) is 27.4 Å². The first-order valence-electron chi connectivity index (χ1n) is 12.8. The third-order valence-corrected chi connectivity index (χ3v) is 6.15. The van der Waals surface area contributed by atoms with Crippen LogP contribution in [-0.4, -0.2) is 37.1 Å². The fourth-order valence-electron chi connectivity index (χ4n) is 3.74. The van der Waals surface area contributed by atoms with Gasteiger partial charge in [-0.3, -0.25) is 14.4 Å². The number of ether oxygens (including phenoxy) is 3. The molecule has 43 heavy (non-hydrogen) atoms. The molecule has 0 bridgehead atoms. The van der Waals surface area contributed by atoms with Gasteiger partial charge in [0.05, 0.1) is 18.9 Å². The van der Waals surface area contributed by atoms with E-state index in [1.165, 1.54) is 56.6 Å². The molecule has 2 amide bonds. The van der Waals surface area contributed by atoms with Crippen LogP contribution in [-0.2, 0) is 4.79 Å². The van der Waals surface area contributed by atoms with Crippen LogP contribution in [0.4, 0.5) is 5.69 Å². The standard InChI is InChI=1S/C32H26ClN3O7/c1-19-4-6-21(7-5-19)30(38)35-26-12-8-22(9-13-26)31(39)36-34-18-24-16-25(33)11-15-27(24)43-32(40)23-10-14-28(42-20(2)37)29(17-23)41-3/h4-18H,1-3H3,(H,35,38)(H,36,39)/b34-18+. The summed E-state index contributed by atoms with van der Waals surface area (Å²) in [6.07, 6.45) is 1.28. The number of halogens is 1. The molecule has 0 fully saturated rings. The molecule has 0 aliphatic rings. The molecule has 4 aromatic rings. The Labute approximate surface area is 252 Å². The second-order valence-electron chi connectivity index (χ2n) is 9.13. The highest BCUT2D eigenvalue weighted by molar-refractivity contribution is 6.31. The summed E-state index contributed by atoms with van der Waals surface area (Å²) in [5, 5.41) is 7.10. The number of carbonyl (C=O) groups is 4. The Kier molecular flexibility index (Phi) is 9.87. The van der Waals surface area contributed by atoms with Crippen LogP contribution >= 0.6 is 11.6 Å². The number of aryl methyl sites for hydroxylation is 1. The molecule has 0 aliphatic heterocycles. The lowest BCUT2D eigenvalue weighted by Crippen LogP contribution is -2.18. The minimum Gasteiger partial charge on any atom is -0.493 e. The third kappa shape index (κ3) is 8.27. The maximum atomic E-state index is 12.8. The van der Waals surface area contributed by atoms with Gasteiger partial charge in [0.1, 0.15) is 5.75 Å². The highest BCUT2D eigenvalue weighted by atomic mass is 35.5. The highest BCUT2D eigenvalue weighted by Gasteiger charge is 2.16. The van der Waals surface area contributed by atoms with Crippen molar-refractivity contribution in [3.8, 4) is 17.2 Å². The van der Waals surface area contributed by atoms with Crippen LogP contribution in [0.25, 0.3) is 0 Å². The van der Waals surface area contributed by atoms with E-state index in [-0.39, 0.29) is 28.7 Å². The van der Waals surface area contributed by atoms with E-state index in [4.69, 9.17) is 25.8 Å². The maximum Gasteiger partial charge on any atom is 0.343 e. The highest BCUT2D eigenvalue weighted by Crippen LogP contribution is 2.29. The van der Waals surface area contributed by atoms with Crippen LogP contribution in [0.5, 0.6) is 17.2 Å². The number of nitrogens with one attached hydrogen (secondary N) is 2. The second kappa shape index (κ2) is 13.9. The third-order valence-electron chi connectivity index (χ3n) is 5.92. The largest absolute Gasteiger partial charge is 0.493 e. The molecule has 0 aliphatic carbocycles. The molecule has 0 spiro atoms. The van der Waals surface area contributed by atoms with Gasteiger partial charge >= 0.3 is 11.9 Å². The molecule has 0 heterocycles. The number of esters is 2. The normalized spacial score (nSPS) is 10.6. The Balaban J connectivity index is 1.40. The van der Waals surface area contributed by atoms with Gasteiger partial charge < -0.3 is 19.5 Å². The van der Waals surface area contributed by atoms with E-state index in [9.17, 15) is 19.2 Å². The first-order chi connectivity index (χ1) is 20.6. The van der Waals surface area contributed by atoms with Crippen molar-refractivity contribution in [3.05, 3.63) is 118 Å². The molecule has 0 atom stereocenters. The smallest absolute Gasteiger partial charge is 0.343 e. The number of anilines is 1.